The molecule has 2 aromatic rings. The Morgan fingerprint density at radius 1 is 1.00 bits per heavy atom. The van der Waals surface area contributed by atoms with Crippen LogP contribution in [-0.4, -0.2) is 5.91 Å². The predicted molar refractivity (Wildman–Crippen MR) is 102 cm³/mol. The number of carbonyl (C=O) groups excluding carboxylic acids is 1. The van der Waals surface area contributed by atoms with E-state index in [1.165, 1.54) is 27.8 Å². The first-order valence-electron chi connectivity index (χ1n) is 9.21. The lowest BCUT2D eigenvalue weighted by Gasteiger charge is -2.14. The molecular formula is C22H28N2O. The zero-order chi connectivity index (χ0) is 17.8. The van der Waals surface area contributed by atoms with Gasteiger partial charge in [0.15, 0.2) is 0 Å². The number of nitrogens with one attached hydrogen (secondary N) is 2. The van der Waals surface area contributed by atoms with E-state index < -0.39 is 0 Å². The van der Waals surface area contributed by atoms with Crippen LogP contribution >= 0.6 is 0 Å². The SMILES string of the molecule is CC(C)c1ccc(C(C)CC(=O)NCc2ccc3c(c2)CNC3)cc1. The maximum atomic E-state index is 12.3. The van der Waals surface area contributed by atoms with Crippen molar-refractivity contribution in [2.75, 3.05) is 0 Å². The molecule has 3 nitrogen and oxygen atoms in total. The number of amides is 1. The van der Waals surface area contributed by atoms with Gasteiger partial charge in [0, 0.05) is 26.1 Å². The lowest BCUT2D eigenvalue weighted by molar-refractivity contribution is -0.121. The minimum absolute atomic E-state index is 0.110. The third kappa shape index (κ3) is 4.49. The maximum Gasteiger partial charge on any atom is 0.220 e. The maximum absolute atomic E-state index is 12.3. The number of rotatable bonds is 6. The lowest BCUT2D eigenvalue weighted by atomic mass is 9.94. The second-order valence-electron chi connectivity index (χ2n) is 7.41. The van der Waals surface area contributed by atoms with E-state index in [-0.39, 0.29) is 11.8 Å². The molecule has 2 N–H and O–H groups in total. The molecule has 132 valence electrons. The Bertz CT molecular complexity index is 734. The standard InChI is InChI=1S/C22H28N2O/c1-15(2)18-6-8-19(9-7-18)16(3)10-22(25)24-12-17-4-5-20-13-23-14-21(20)11-17/h4-9,11,15-16,23H,10,12-14H2,1-3H3,(H,24,25). The molecule has 0 radical (unpaired) electrons. The topological polar surface area (TPSA) is 41.1 Å². The van der Waals surface area contributed by atoms with Gasteiger partial charge in [-0.2, -0.15) is 0 Å². The number of hydrogen-bond acceptors (Lipinski definition) is 2. The molecule has 1 amide bonds. The molecule has 1 aliphatic heterocycles. The van der Waals surface area contributed by atoms with Crippen molar-refractivity contribution in [2.24, 2.45) is 0 Å². The molecule has 1 unspecified atom stereocenters. The predicted octanol–water partition coefficient (Wildman–Crippen LogP) is 4.22. The number of fused-ring (bicyclic) bond motifs is 1. The second-order valence-corrected chi connectivity index (χ2v) is 7.41. The first kappa shape index (κ1) is 17.7. The van der Waals surface area contributed by atoms with Crippen LogP contribution in [0.1, 0.15) is 66.8 Å². The number of carbonyl (C=O) groups is 1. The largest absolute Gasteiger partial charge is 0.352 e. The smallest absolute Gasteiger partial charge is 0.220 e. The van der Waals surface area contributed by atoms with Gasteiger partial charge in [-0.05, 0) is 39.7 Å². The Hall–Kier alpha value is -2.13. The molecule has 1 heterocycles. The van der Waals surface area contributed by atoms with Crippen molar-refractivity contribution in [2.45, 2.75) is 58.7 Å². The summed E-state index contributed by atoms with van der Waals surface area (Å²) in [4.78, 5) is 12.3. The highest BCUT2D eigenvalue weighted by atomic mass is 16.1. The summed E-state index contributed by atoms with van der Waals surface area (Å²) in [5, 5.41) is 6.41. The Kier molecular flexibility index (Phi) is 5.54. The van der Waals surface area contributed by atoms with Gasteiger partial charge in [0.1, 0.15) is 0 Å². The molecule has 0 spiro atoms. The number of benzene rings is 2. The first-order valence-corrected chi connectivity index (χ1v) is 9.21. The highest BCUT2D eigenvalue weighted by Gasteiger charge is 2.13. The highest BCUT2D eigenvalue weighted by molar-refractivity contribution is 5.76. The molecule has 2 aromatic carbocycles. The van der Waals surface area contributed by atoms with Crippen molar-refractivity contribution in [3.63, 3.8) is 0 Å². The van der Waals surface area contributed by atoms with E-state index in [1.807, 2.05) is 0 Å². The molecule has 3 rings (SSSR count). The van der Waals surface area contributed by atoms with Crippen LogP contribution in [0.15, 0.2) is 42.5 Å². The Morgan fingerprint density at radius 2 is 1.68 bits per heavy atom. The van der Waals surface area contributed by atoms with Gasteiger partial charge in [-0.25, -0.2) is 0 Å². The van der Waals surface area contributed by atoms with Crippen LogP contribution in [0.4, 0.5) is 0 Å². The van der Waals surface area contributed by atoms with Crippen molar-refractivity contribution in [3.05, 3.63) is 70.3 Å². The monoisotopic (exact) mass is 336 g/mol. The van der Waals surface area contributed by atoms with Gasteiger partial charge in [0.05, 0.1) is 0 Å². The van der Waals surface area contributed by atoms with Gasteiger partial charge < -0.3 is 10.6 Å². The van der Waals surface area contributed by atoms with E-state index in [0.29, 0.717) is 18.9 Å². The van der Waals surface area contributed by atoms with E-state index in [9.17, 15) is 4.79 Å². The molecule has 1 aliphatic rings. The van der Waals surface area contributed by atoms with Crippen LogP contribution in [0.3, 0.4) is 0 Å². The molecule has 1 atom stereocenters. The number of hydrogen-bond donors (Lipinski definition) is 2. The molecule has 0 fully saturated rings. The summed E-state index contributed by atoms with van der Waals surface area (Å²) >= 11 is 0. The molecular weight excluding hydrogens is 308 g/mol. The fraction of sp³-hybridized carbons (Fsp3) is 0.409. The minimum atomic E-state index is 0.110. The Morgan fingerprint density at radius 3 is 2.40 bits per heavy atom. The quantitative estimate of drug-likeness (QED) is 0.829. The molecule has 25 heavy (non-hydrogen) atoms. The molecule has 0 bridgehead atoms. The average molecular weight is 336 g/mol. The van der Waals surface area contributed by atoms with Crippen LogP contribution in [0.5, 0.6) is 0 Å². The van der Waals surface area contributed by atoms with Gasteiger partial charge >= 0.3 is 0 Å². The highest BCUT2D eigenvalue weighted by Crippen LogP contribution is 2.22. The summed E-state index contributed by atoms with van der Waals surface area (Å²) in [5.74, 6) is 0.875. The van der Waals surface area contributed by atoms with Crippen molar-refractivity contribution in [1.29, 1.82) is 0 Å². The van der Waals surface area contributed by atoms with Crippen LogP contribution in [0.2, 0.25) is 0 Å². The Balaban J connectivity index is 1.51. The summed E-state index contributed by atoms with van der Waals surface area (Å²) < 4.78 is 0. The first-order chi connectivity index (χ1) is 12.0. The van der Waals surface area contributed by atoms with Crippen molar-refractivity contribution in [1.82, 2.24) is 10.6 Å². The molecule has 0 aliphatic carbocycles. The second kappa shape index (κ2) is 7.83. The van der Waals surface area contributed by atoms with Gasteiger partial charge in [-0.15, -0.1) is 0 Å². The third-order valence-electron chi connectivity index (χ3n) is 5.06. The van der Waals surface area contributed by atoms with E-state index in [4.69, 9.17) is 0 Å². The van der Waals surface area contributed by atoms with E-state index in [2.05, 4.69) is 73.9 Å². The van der Waals surface area contributed by atoms with Crippen LogP contribution in [0.25, 0.3) is 0 Å². The summed E-state index contributed by atoms with van der Waals surface area (Å²) in [6.07, 6.45) is 0.521. The fourth-order valence-corrected chi connectivity index (χ4v) is 3.34. The Labute approximate surface area is 150 Å². The van der Waals surface area contributed by atoms with Crippen LogP contribution in [-0.2, 0) is 24.4 Å². The van der Waals surface area contributed by atoms with Crippen LogP contribution in [0, 0.1) is 0 Å². The summed E-state index contributed by atoms with van der Waals surface area (Å²) in [6.45, 7) is 8.99. The normalized spacial score (nSPS) is 14.4. The van der Waals surface area contributed by atoms with Gasteiger partial charge in [-0.1, -0.05) is 63.2 Å². The van der Waals surface area contributed by atoms with Crippen molar-refractivity contribution in [3.8, 4) is 0 Å². The van der Waals surface area contributed by atoms with Crippen molar-refractivity contribution >= 4 is 5.91 Å². The minimum Gasteiger partial charge on any atom is -0.352 e. The van der Waals surface area contributed by atoms with Crippen molar-refractivity contribution < 1.29 is 4.79 Å². The van der Waals surface area contributed by atoms with E-state index >= 15 is 0 Å². The summed E-state index contributed by atoms with van der Waals surface area (Å²) in [7, 11) is 0. The van der Waals surface area contributed by atoms with Gasteiger partial charge in [-0.3, -0.25) is 4.79 Å². The van der Waals surface area contributed by atoms with Gasteiger partial charge in [0.25, 0.3) is 0 Å². The lowest BCUT2D eigenvalue weighted by Crippen LogP contribution is -2.24. The van der Waals surface area contributed by atoms with Gasteiger partial charge in [0.2, 0.25) is 5.91 Å². The average Bonchev–Trinajstić information content (AvgIpc) is 3.07. The van der Waals surface area contributed by atoms with Crippen LogP contribution < -0.4 is 10.6 Å². The fourth-order valence-electron chi connectivity index (χ4n) is 3.34. The van der Waals surface area contributed by atoms with E-state index in [0.717, 1.165) is 13.1 Å². The third-order valence-corrected chi connectivity index (χ3v) is 5.06. The molecule has 0 saturated heterocycles. The summed E-state index contributed by atoms with van der Waals surface area (Å²) in [5.41, 5.74) is 6.46. The summed E-state index contributed by atoms with van der Waals surface area (Å²) in [6, 6.07) is 15.1. The zero-order valence-corrected chi connectivity index (χ0v) is 15.4. The molecule has 0 saturated carbocycles. The molecule has 0 aromatic heterocycles. The molecule has 3 heteroatoms. The zero-order valence-electron chi connectivity index (χ0n) is 15.4. The van der Waals surface area contributed by atoms with E-state index in [1.54, 1.807) is 0 Å².